The third-order valence-electron chi connectivity index (χ3n) is 2.15. The van der Waals surface area contributed by atoms with Gasteiger partial charge in [-0.2, -0.15) is 0 Å². The molecule has 0 fully saturated rings. The number of rotatable bonds is 1. The summed E-state index contributed by atoms with van der Waals surface area (Å²) in [6, 6.07) is 6.16. The van der Waals surface area contributed by atoms with E-state index in [1.807, 2.05) is 0 Å². The zero-order valence-electron chi connectivity index (χ0n) is 7.98. The second-order valence-corrected chi connectivity index (χ2v) is 3.33. The molecule has 15 heavy (non-hydrogen) atoms. The SMILES string of the molecule is Cc1cc([N+](=O)[O-])c2[nH]c(=O)ccc2c1. The van der Waals surface area contributed by atoms with Crippen LogP contribution in [0.5, 0.6) is 0 Å². The molecule has 1 N–H and O–H groups in total. The van der Waals surface area contributed by atoms with Crippen LogP contribution >= 0.6 is 0 Å². The number of hydrogen-bond acceptors (Lipinski definition) is 3. The lowest BCUT2D eigenvalue weighted by Crippen LogP contribution is -2.04. The molecule has 0 aliphatic carbocycles. The molecule has 5 heteroatoms. The minimum Gasteiger partial charge on any atom is -0.316 e. The molecule has 0 saturated heterocycles. The summed E-state index contributed by atoms with van der Waals surface area (Å²) in [6.45, 7) is 1.78. The summed E-state index contributed by atoms with van der Waals surface area (Å²) >= 11 is 0. The van der Waals surface area contributed by atoms with Gasteiger partial charge in [0.2, 0.25) is 5.56 Å². The highest BCUT2D eigenvalue weighted by Crippen LogP contribution is 2.23. The standard InChI is InChI=1S/C10H8N2O3/c1-6-4-7-2-3-9(13)11-10(7)8(5-6)12(14)15/h2-5H,1H3,(H,11,13). The van der Waals surface area contributed by atoms with E-state index in [1.54, 1.807) is 19.1 Å². The molecule has 0 bridgehead atoms. The molecule has 0 amide bonds. The molecule has 2 aromatic rings. The Morgan fingerprint density at radius 1 is 1.33 bits per heavy atom. The highest BCUT2D eigenvalue weighted by Gasteiger charge is 2.12. The van der Waals surface area contributed by atoms with Crippen LogP contribution in [0.25, 0.3) is 10.9 Å². The van der Waals surface area contributed by atoms with Crippen LogP contribution in [0.3, 0.4) is 0 Å². The molecule has 5 nitrogen and oxygen atoms in total. The van der Waals surface area contributed by atoms with Crippen LogP contribution in [-0.2, 0) is 0 Å². The van der Waals surface area contributed by atoms with Gasteiger partial charge < -0.3 is 4.98 Å². The molecule has 1 aromatic carbocycles. The van der Waals surface area contributed by atoms with Gasteiger partial charge in [-0.05, 0) is 24.6 Å². The Labute approximate surface area is 84.5 Å². The summed E-state index contributed by atoms with van der Waals surface area (Å²) in [6.07, 6.45) is 0. The van der Waals surface area contributed by atoms with Crippen molar-refractivity contribution in [1.29, 1.82) is 0 Å². The molecule has 2 rings (SSSR count). The van der Waals surface area contributed by atoms with Crippen LogP contribution in [0, 0.1) is 17.0 Å². The van der Waals surface area contributed by atoms with Gasteiger partial charge in [0.25, 0.3) is 5.69 Å². The number of nitrogens with one attached hydrogen (secondary N) is 1. The lowest BCUT2D eigenvalue weighted by molar-refractivity contribution is -0.383. The van der Waals surface area contributed by atoms with Crippen molar-refractivity contribution in [2.75, 3.05) is 0 Å². The maximum absolute atomic E-state index is 11.1. The minimum atomic E-state index is -0.495. The van der Waals surface area contributed by atoms with Gasteiger partial charge >= 0.3 is 0 Å². The predicted octanol–water partition coefficient (Wildman–Crippen LogP) is 1.74. The number of pyridine rings is 1. The van der Waals surface area contributed by atoms with E-state index in [2.05, 4.69) is 4.98 Å². The lowest BCUT2D eigenvalue weighted by atomic mass is 10.1. The first-order chi connectivity index (χ1) is 7.08. The Morgan fingerprint density at radius 3 is 2.73 bits per heavy atom. The number of nitrogens with zero attached hydrogens (tertiary/aromatic N) is 1. The van der Waals surface area contributed by atoms with Crippen LogP contribution < -0.4 is 5.56 Å². The second kappa shape index (κ2) is 3.20. The summed E-state index contributed by atoms with van der Waals surface area (Å²) in [5, 5.41) is 11.4. The first-order valence-corrected chi connectivity index (χ1v) is 4.36. The lowest BCUT2D eigenvalue weighted by Gasteiger charge is -2.00. The van der Waals surface area contributed by atoms with Gasteiger partial charge in [-0.3, -0.25) is 14.9 Å². The summed E-state index contributed by atoms with van der Waals surface area (Å²) in [5.74, 6) is 0. The molecule has 0 radical (unpaired) electrons. The van der Waals surface area contributed by atoms with E-state index in [1.165, 1.54) is 12.1 Å². The number of benzene rings is 1. The van der Waals surface area contributed by atoms with Crippen molar-refractivity contribution >= 4 is 16.6 Å². The minimum absolute atomic E-state index is 0.0669. The van der Waals surface area contributed by atoms with Gasteiger partial charge in [0.15, 0.2) is 0 Å². The Balaban J connectivity index is 2.94. The number of non-ortho nitro benzene ring substituents is 1. The van der Waals surface area contributed by atoms with Crippen LogP contribution in [-0.4, -0.2) is 9.91 Å². The average Bonchev–Trinajstić information content (AvgIpc) is 2.17. The monoisotopic (exact) mass is 204 g/mol. The second-order valence-electron chi connectivity index (χ2n) is 3.33. The first kappa shape index (κ1) is 9.39. The van der Waals surface area contributed by atoms with Gasteiger partial charge in [-0.15, -0.1) is 0 Å². The summed E-state index contributed by atoms with van der Waals surface area (Å²) in [4.78, 5) is 23.8. The molecule has 0 atom stereocenters. The Kier molecular flexibility index (Phi) is 2.00. The van der Waals surface area contributed by atoms with Crippen LogP contribution in [0.1, 0.15) is 5.56 Å². The molecule has 0 spiro atoms. The number of fused-ring (bicyclic) bond motifs is 1. The van der Waals surface area contributed by atoms with E-state index in [-0.39, 0.29) is 16.8 Å². The van der Waals surface area contributed by atoms with Crippen molar-refractivity contribution in [1.82, 2.24) is 4.98 Å². The number of aromatic nitrogens is 1. The van der Waals surface area contributed by atoms with Crippen molar-refractivity contribution in [3.63, 3.8) is 0 Å². The molecule has 0 unspecified atom stereocenters. The maximum Gasteiger partial charge on any atom is 0.293 e. The fourth-order valence-electron chi connectivity index (χ4n) is 1.54. The van der Waals surface area contributed by atoms with Gasteiger partial charge in [-0.1, -0.05) is 0 Å². The van der Waals surface area contributed by atoms with Crippen LogP contribution in [0.4, 0.5) is 5.69 Å². The molecule has 0 aliphatic rings. The van der Waals surface area contributed by atoms with E-state index in [0.717, 1.165) is 5.56 Å². The van der Waals surface area contributed by atoms with Crippen molar-refractivity contribution in [2.24, 2.45) is 0 Å². The number of aromatic amines is 1. The van der Waals surface area contributed by atoms with Crippen molar-refractivity contribution in [3.05, 3.63) is 50.3 Å². The zero-order chi connectivity index (χ0) is 11.0. The van der Waals surface area contributed by atoms with Gasteiger partial charge in [-0.25, -0.2) is 0 Å². The topological polar surface area (TPSA) is 76.0 Å². The zero-order valence-corrected chi connectivity index (χ0v) is 7.98. The Hall–Kier alpha value is -2.17. The molecule has 76 valence electrons. The van der Waals surface area contributed by atoms with Crippen molar-refractivity contribution in [2.45, 2.75) is 6.92 Å². The fraction of sp³-hybridized carbons (Fsp3) is 0.100. The predicted molar refractivity (Wildman–Crippen MR) is 56.0 cm³/mol. The Morgan fingerprint density at radius 2 is 2.07 bits per heavy atom. The van der Waals surface area contributed by atoms with Gasteiger partial charge in [0, 0.05) is 17.5 Å². The third kappa shape index (κ3) is 1.59. The van der Waals surface area contributed by atoms with Crippen LogP contribution in [0.2, 0.25) is 0 Å². The Bertz CT molecular complexity index is 601. The van der Waals surface area contributed by atoms with E-state index >= 15 is 0 Å². The largest absolute Gasteiger partial charge is 0.316 e. The number of hydrogen-bond donors (Lipinski definition) is 1. The van der Waals surface area contributed by atoms with Crippen molar-refractivity contribution in [3.8, 4) is 0 Å². The quantitative estimate of drug-likeness (QED) is 0.567. The fourth-order valence-corrected chi connectivity index (χ4v) is 1.54. The smallest absolute Gasteiger partial charge is 0.293 e. The normalized spacial score (nSPS) is 10.5. The van der Waals surface area contributed by atoms with E-state index in [0.29, 0.717) is 5.39 Å². The molecule has 0 saturated carbocycles. The van der Waals surface area contributed by atoms with E-state index in [4.69, 9.17) is 0 Å². The first-order valence-electron chi connectivity index (χ1n) is 4.36. The van der Waals surface area contributed by atoms with Crippen molar-refractivity contribution < 1.29 is 4.92 Å². The summed E-state index contributed by atoms with van der Waals surface area (Å²) < 4.78 is 0. The average molecular weight is 204 g/mol. The maximum atomic E-state index is 11.1. The highest BCUT2D eigenvalue weighted by molar-refractivity contribution is 5.87. The highest BCUT2D eigenvalue weighted by atomic mass is 16.6. The number of aryl methyl sites for hydroxylation is 1. The van der Waals surface area contributed by atoms with E-state index in [9.17, 15) is 14.9 Å². The van der Waals surface area contributed by atoms with E-state index < -0.39 is 4.92 Å². The third-order valence-corrected chi connectivity index (χ3v) is 2.15. The number of H-pyrrole nitrogens is 1. The molecule has 1 heterocycles. The molecule has 0 aliphatic heterocycles. The summed E-state index contributed by atoms with van der Waals surface area (Å²) in [7, 11) is 0. The number of nitro groups is 1. The van der Waals surface area contributed by atoms with Gasteiger partial charge in [0.1, 0.15) is 5.52 Å². The number of nitro benzene ring substituents is 1. The molecular weight excluding hydrogens is 196 g/mol. The summed E-state index contributed by atoms with van der Waals surface area (Å²) in [5.41, 5.74) is 0.663. The molecular formula is C10H8N2O3. The van der Waals surface area contributed by atoms with Gasteiger partial charge in [0.05, 0.1) is 4.92 Å². The van der Waals surface area contributed by atoms with Crippen LogP contribution in [0.15, 0.2) is 29.1 Å². The molecule has 1 aromatic heterocycles.